The number of para-hydroxylation sites is 1. The highest BCUT2D eigenvalue weighted by Crippen LogP contribution is 2.19. The molecule has 2 aromatic carbocycles. The van der Waals surface area contributed by atoms with Crippen LogP contribution in [0.5, 0.6) is 0 Å². The van der Waals surface area contributed by atoms with Gasteiger partial charge >= 0.3 is 5.97 Å². The van der Waals surface area contributed by atoms with Crippen LogP contribution in [0.1, 0.15) is 44.6 Å². The van der Waals surface area contributed by atoms with E-state index in [0.717, 1.165) is 11.3 Å². The summed E-state index contributed by atoms with van der Waals surface area (Å²) in [7, 11) is 0. The summed E-state index contributed by atoms with van der Waals surface area (Å²) in [6, 6.07) is 16.3. The Hall–Kier alpha value is -3.74. The predicted molar refractivity (Wildman–Crippen MR) is 112 cm³/mol. The summed E-state index contributed by atoms with van der Waals surface area (Å²) in [5, 5.41) is 7.12. The van der Waals surface area contributed by atoms with Gasteiger partial charge in [0.1, 0.15) is 5.56 Å². The lowest BCUT2D eigenvalue weighted by atomic mass is 10.1. The monoisotopic (exact) mass is 405 g/mol. The van der Waals surface area contributed by atoms with Gasteiger partial charge in [0.2, 0.25) is 5.91 Å². The number of esters is 1. The van der Waals surface area contributed by atoms with Crippen molar-refractivity contribution in [1.29, 1.82) is 0 Å². The Morgan fingerprint density at radius 3 is 2.30 bits per heavy atom. The fraction of sp³-hybridized carbons (Fsp3) is 0.217. The van der Waals surface area contributed by atoms with Crippen molar-refractivity contribution < 1.29 is 19.1 Å². The molecule has 0 bridgehead atoms. The molecule has 0 radical (unpaired) electrons. The molecular weight excluding hydrogens is 382 g/mol. The van der Waals surface area contributed by atoms with E-state index in [0.29, 0.717) is 29.1 Å². The maximum absolute atomic E-state index is 12.6. The quantitative estimate of drug-likeness (QED) is 0.482. The normalized spacial score (nSPS) is 10.5. The lowest BCUT2D eigenvalue weighted by Gasteiger charge is -2.07. The summed E-state index contributed by atoms with van der Waals surface area (Å²) >= 11 is 0. The second-order valence-corrected chi connectivity index (χ2v) is 6.90. The summed E-state index contributed by atoms with van der Waals surface area (Å²) < 4.78 is 6.95. The van der Waals surface area contributed by atoms with E-state index >= 15 is 0 Å². The standard InChI is InChI=1S/C23H23N3O4/c1-15-22(16(2)26(25-15)20-7-5-4-6-8-20)23(29)30-14-21(28)19-11-9-18(10-12-19)13-24-17(3)27/h4-12H,13-14H2,1-3H3,(H,24,27). The van der Waals surface area contributed by atoms with Crippen molar-refractivity contribution in [3.8, 4) is 5.69 Å². The molecule has 154 valence electrons. The summed E-state index contributed by atoms with van der Waals surface area (Å²) in [6.45, 7) is 5.00. The molecule has 0 spiro atoms. The average Bonchev–Trinajstić information content (AvgIpc) is 3.05. The minimum absolute atomic E-state index is 0.122. The molecule has 0 atom stereocenters. The van der Waals surface area contributed by atoms with Crippen LogP contribution in [0.4, 0.5) is 0 Å². The van der Waals surface area contributed by atoms with E-state index in [-0.39, 0.29) is 18.3 Å². The molecule has 7 nitrogen and oxygen atoms in total. The van der Waals surface area contributed by atoms with Crippen molar-refractivity contribution in [3.05, 3.63) is 82.7 Å². The fourth-order valence-electron chi connectivity index (χ4n) is 3.08. The smallest absolute Gasteiger partial charge is 0.342 e. The number of hydrogen-bond acceptors (Lipinski definition) is 5. The highest BCUT2D eigenvalue weighted by Gasteiger charge is 2.21. The van der Waals surface area contributed by atoms with Crippen LogP contribution in [-0.2, 0) is 16.1 Å². The molecule has 7 heteroatoms. The molecule has 0 saturated heterocycles. The Morgan fingerprint density at radius 1 is 1.00 bits per heavy atom. The fourth-order valence-corrected chi connectivity index (χ4v) is 3.08. The van der Waals surface area contributed by atoms with Gasteiger partial charge in [0.15, 0.2) is 12.4 Å². The van der Waals surface area contributed by atoms with E-state index in [2.05, 4.69) is 10.4 Å². The number of Topliss-reactive ketones (excluding diaryl/α,β-unsaturated/α-hetero) is 1. The molecular formula is C23H23N3O4. The van der Waals surface area contributed by atoms with E-state index in [1.165, 1.54) is 6.92 Å². The van der Waals surface area contributed by atoms with Gasteiger partial charge in [0, 0.05) is 19.0 Å². The van der Waals surface area contributed by atoms with Crippen LogP contribution >= 0.6 is 0 Å². The second-order valence-electron chi connectivity index (χ2n) is 6.90. The number of amides is 1. The average molecular weight is 405 g/mol. The zero-order chi connectivity index (χ0) is 21.7. The second kappa shape index (κ2) is 9.17. The number of carbonyl (C=O) groups excluding carboxylic acids is 3. The predicted octanol–water partition coefficient (Wildman–Crippen LogP) is 3.16. The molecule has 30 heavy (non-hydrogen) atoms. The number of aryl methyl sites for hydroxylation is 1. The largest absolute Gasteiger partial charge is 0.454 e. The molecule has 0 aliphatic rings. The number of carbonyl (C=O) groups is 3. The molecule has 0 unspecified atom stereocenters. The Kier molecular flexibility index (Phi) is 6.41. The number of ketones is 1. The van der Waals surface area contributed by atoms with Crippen molar-refractivity contribution in [2.24, 2.45) is 0 Å². The van der Waals surface area contributed by atoms with Crippen LogP contribution in [0, 0.1) is 13.8 Å². The first-order valence-corrected chi connectivity index (χ1v) is 9.52. The van der Waals surface area contributed by atoms with Crippen LogP contribution in [0.2, 0.25) is 0 Å². The van der Waals surface area contributed by atoms with Gasteiger partial charge < -0.3 is 10.1 Å². The first-order chi connectivity index (χ1) is 14.4. The zero-order valence-electron chi connectivity index (χ0n) is 17.1. The lowest BCUT2D eigenvalue weighted by molar-refractivity contribution is -0.119. The highest BCUT2D eigenvalue weighted by atomic mass is 16.5. The van der Waals surface area contributed by atoms with Crippen molar-refractivity contribution in [2.75, 3.05) is 6.61 Å². The van der Waals surface area contributed by atoms with Gasteiger partial charge in [-0.1, -0.05) is 42.5 Å². The topological polar surface area (TPSA) is 90.3 Å². The van der Waals surface area contributed by atoms with Gasteiger partial charge in [0.05, 0.1) is 17.1 Å². The summed E-state index contributed by atoms with van der Waals surface area (Å²) in [5.41, 5.74) is 3.70. The van der Waals surface area contributed by atoms with E-state index in [1.54, 1.807) is 42.8 Å². The van der Waals surface area contributed by atoms with E-state index in [4.69, 9.17) is 4.74 Å². The van der Waals surface area contributed by atoms with Crippen molar-refractivity contribution in [1.82, 2.24) is 15.1 Å². The van der Waals surface area contributed by atoms with Crippen LogP contribution in [0.15, 0.2) is 54.6 Å². The Morgan fingerprint density at radius 2 is 1.67 bits per heavy atom. The number of benzene rings is 2. The molecule has 3 aromatic rings. The first-order valence-electron chi connectivity index (χ1n) is 9.52. The Bertz CT molecular complexity index is 1070. The third-order valence-electron chi connectivity index (χ3n) is 4.65. The number of hydrogen-bond donors (Lipinski definition) is 1. The molecule has 0 fully saturated rings. The Balaban J connectivity index is 1.65. The number of rotatable bonds is 7. The van der Waals surface area contributed by atoms with Crippen molar-refractivity contribution >= 4 is 17.7 Å². The molecule has 1 amide bonds. The van der Waals surface area contributed by atoms with Gasteiger partial charge in [-0.25, -0.2) is 9.48 Å². The van der Waals surface area contributed by atoms with Crippen LogP contribution in [0.25, 0.3) is 5.69 Å². The Labute approximate surface area is 174 Å². The van der Waals surface area contributed by atoms with Crippen molar-refractivity contribution in [3.63, 3.8) is 0 Å². The number of ether oxygens (including phenoxy) is 1. The van der Waals surface area contributed by atoms with Gasteiger partial charge in [-0.05, 0) is 31.5 Å². The third-order valence-corrected chi connectivity index (χ3v) is 4.65. The van der Waals surface area contributed by atoms with E-state index in [9.17, 15) is 14.4 Å². The summed E-state index contributed by atoms with van der Waals surface area (Å²) in [6.07, 6.45) is 0. The van der Waals surface area contributed by atoms with Crippen LogP contribution in [0.3, 0.4) is 0 Å². The van der Waals surface area contributed by atoms with Gasteiger partial charge in [-0.3, -0.25) is 9.59 Å². The molecule has 1 aromatic heterocycles. The third kappa shape index (κ3) is 4.81. The molecule has 1 heterocycles. The van der Waals surface area contributed by atoms with Gasteiger partial charge in [-0.2, -0.15) is 5.10 Å². The lowest BCUT2D eigenvalue weighted by Crippen LogP contribution is -2.19. The van der Waals surface area contributed by atoms with Gasteiger partial charge in [-0.15, -0.1) is 0 Å². The maximum atomic E-state index is 12.6. The molecule has 0 saturated carbocycles. The number of nitrogens with zero attached hydrogens (tertiary/aromatic N) is 2. The molecule has 0 aliphatic carbocycles. The maximum Gasteiger partial charge on any atom is 0.342 e. The van der Waals surface area contributed by atoms with Crippen molar-refractivity contribution in [2.45, 2.75) is 27.3 Å². The van der Waals surface area contributed by atoms with Gasteiger partial charge in [0.25, 0.3) is 0 Å². The van der Waals surface area contributed by atoms with E-state index in [1.807, 2.05) is 30.3 Å². The summed E-state index contributed by atoms with van der Waals surface area (Å²) in [5.74, 6) is -1.01. The van der Waals surface area contributed by atoms with E-state index < -0.39 is 5.97 Å². The number of nitrogens with one attached hydrogen (secondary N) is 1. The van der Waals surface area contributed by atoms with Crippen LogP contribution in [-0.4, -0.2) is 34.0 Å². The minimum atomic E-state index is -0.581. The molecule has 0 aliphatic heterocycles. The SMILES string of the molecule is CC(=O)NCc1ccc(C(=O)COC(=O)c2c(C)nn(-c3ccccc3)c2C)cc1. The molecule has 1 N–H and O–H groups in total. The minimum Gasteiger partial charge on any atom is -0.454 e. The highest BCUT2D eigenvalue weighted by molar-refractivity contribution is 5.99. The first kappa shape index (κ1) is 21.0. The van der Waals surface area contributed by atoms with Crippen LogP contribution < -0.4 is 5.32 Å². The summed E-state index contributed by atoms with van der Waals surface area (Å²) in [4.78, 5) is 36.0. The number of aromatic nitrogens is 2. The molecule has 3 rings (SSSR count). The zero-order valence-corrected chi connectivity index (χ0v) is 17.1.